The molecular formula is C7H9N3O3. The maximum absolute atomic E-state index is 11.1. The lowest BCUT2D eigenvalue weighted by atomic mass is 10.3. The third-order valence-corrected chi connectivity index (χ3v) is 1.38. The van der Waals surface area contributed by atoms with Crippen molar-refractivity contribution in [2.75, 3.05) is 6.54 Å². The molecule has 3 N–H and O–H groups in total. The van der Waals surface area contributed by atoms with Gasteiger partial charge in [0.15, 0.2) is 0 Å². The lowest BCUT2D eigenvalue weighted by Crippen LogP contribution is -2.25. The maximum Gasteiger partial charge on any atom is 0.305 e. The number of carbonyl (C=O) groups excluding carboxylic acids is 1. The summed E-state index contributed by atoms with van der Waals surface area (Å²) >= 11 is 0. The zero-order valence-electron chi connectivity index (χ0n) is 6.78. The van der Waals surface area contributed by atoms with E-state index in [4.69, 9.17) is 5.11 Å². The molecule has 0 atom stereocenters. The zero-order valence-corrected chi connectivity index (χ0v) is 6.78. The molecule has 1 aromatic heterocycles. The van der Waals surface area contributed by atoms with Gasteiger partial charge in [0, 0.05) is 12.7 Å². The quantitative estimate of drug-likeness (QED) is 0.592. The van der Waals surface area contributed by atoms with Gasteiger partial charge in [-0.1, -0.05) is 0 Å². The molecule has 0 bridgehead atoms. The normalized spacial score (nSPS) is 9.54. The summed E-state index contributed by atoms with van der Waals surface area (Å²) in [5, 5.41) is 16.8. The molecular weight excluding hydrogens is 174 g/mol. The van der Waals surface area contributed by atoms with E-state index in [0.29, 0.717) is 5.56 Å². The Morgan fingerprint density at radius 2 is 2.38 bits per heavy atom. The van der Waals surface area contributed by atoms with Crippen LogP contribution in [0.2, 0.25) is 0 Å². The zero-order chi connectivity index (χ0) is 9.68. The van der Waals surface area contributed by atoms with Crippen molar-refractivity contribution in [3.8, 4) is 0 Å². The van der Waals surface area contributed by atoms with Gasteiger partial charge in [0.25, 0.3) is 5.91 Å². The average molecular weight is 183 g/mol. The van der Waals surface area contributed by atoms with E-state index in [1.807, 2.05) is 0 Å². The van der Waals surface area contributed by atoms with Crippen LogP contribution in [-0.4, -0.2) is 33.7 Å². The average Bonchev–Trinajstić information content (AvgIpc) is 2.55. The molecule has 0 spiro atoms. The van der Waals surface area contributed by atoms with Crippen molar-refractivity contribution in [2.45, 2.75) is 6.42 Å². The van der Waals surface area contributed by atoms with E-state index in [0.717, 1.165) is 0 Å². The molecule has 70 valence electrons. The number of rotatable bonds is 4. The molecule has 0 aliphatic rings. The van der Waals surface area contributed by atoms with E-state index < -0.39 is 5.97 Å². The number of H-pyrrole nitrogens is 1. The summed E-state index contributed by atoms with van der Waals surface area (Å²) in [6.07, 6.45) is 2.73. The lowest BCUT2D eigenvalue weighted by molar-refractivity contribution is -0.136. The second-order valence-corrected chi connectivity index (χ2v) is 2.39. The summed E-state index contributed by atoms with van der Waals surface area (Å²) in [5.74, 6) is -1.26. The number of hydrogen-bond acceptors (Lipinski definition) is 3. The molecule has 0 saturated heterocycles. The van der Waals surface area contributed by atoms with Gasteiger partial charge in [-0.15, -0.1) is 0 Å². The predicted molar refractivity (Wildman–Crippen MR) is 43.2 cm³/mol. The highest BCUT2D eigenvalue weighted by Crippen LogP contribution is 1.92. The smallest absolute Gasteiger partial charge is 0.305 e. The highest BCUT2D eigenvalue weighted by molar-refractivity contribution is 5.93. The number of nitrogens with zero attached hydrogens (tertiary/aromatic N) is 1. The third-order valence-electron chi connectivity index (χ3n) is 1.38. The number of carboxylic acid groups (broad SMARTS) is 1. The number of aromatic nitrogens is 2. The molecule has 0 aliphatic carbocycles. The van der Waals surface area contributed by atoms with Crippen molar-refractivity contribution in [1.29, 1.82) is 0 Å². The van der Waals surface area contributed by atoms with E-state index in [2.05, 4.69) is 15.5 Å². The van der Waals surface area contributed by atoms with Gasteiger partial charge in [0.05, 0.1) is 18.2 Å². The Morgan fingerprint density at radius 1 is 1.62 bits per heavy atom. The number of aromatic amines is 1. The van der Waals surface area contributed by atoms with Gasteiger partial charge in [0.2, 0.25) is 0 Å². The molecule has 0 saturated carbocycles. The van der Waals surface area contributed by atoms with Crippen LogP contribution in [0, 0.1) is 0 Å². The predicted octanol–water partition coefficient (Wildman–Crippen LogP) is -0.386. The van der Waals surface area contributed by atoms with Crippen LogP contribution in [0.15, 0.2) is 12.4 Å². The first-order valence-electron chi connectivity index (χ1n) is 3.69. The van der Waals surface area contributed by atoms with Gasteiger partial charge in [-0.25, -0.2) is 0 Å². The third kappa shape index (κ3) is 2.94. The largest absolute Gasteiger partial charge is 0.481 e. The Balaban J connectivity index is 2.31. The minimum Gasteiger partial charge on any atom is -0.481 e. The maximum atomic E-state index is 11.1. The number of amides is 1. The fraction of sp³-hybridized carbons (Fsp3) is 0.286. The second-order valence-electron chi connectivity index (χ2n) is 2.39. The topological polar surface area (TPSA) is 95.1 Å². The van der Waals surface area contributed by atoms with Crippen LogP contribution >= 0.6 is 0 Å². The van der Waals surface area contributed by atoms with E-state index in [-0.39, 0.29) is 18.9 Å². The van der Waals surface area contributed by atoms with Crippen molar-refractivity contribution in [3.63, 3.8) is 0 Å². The molecule has 1 amide bonds. The molecule has 0 radical (unpaired) electrons. The van der Waals surface area contributed by atoms with Crippen LogP contribution in [0.4, 0.5) is 0 Å². The Morgan fingerprint density at radius 3 is 2.92 bits per heavy atom. The minimum absolute atomic E-state index is 0.0798. The lowest BCUT2D eigenvalue weighted by Gasteiger charge is -1.99. The molecule has 13 heavy (non-hydrogen) atoms. The number of carbonyl (C=O) groups is 2. The first kappa shape index (κ1) is 9.24. The van der Waals surface area contributed by atoms with Crippen molar-refractivity contribution >= 4 is 11.9 Å². The molecule has 0 fully saturated rings. The first-order chi connectivity index (χ1) is 6.20. The molecule has 1 aromatic rings. The number of aliphatic carboxylic acids is 1. The van der Waals surface area contributed by atoms with Crippen LogP contribution in [0.1, 0.15) is 16.8 Å². The highest BCUT2D eigenvalue weighted by Gasteiger charge is 2.05. The number of hydrogen-bond donors (Lipinski definition) is 3. The van der Waals surface area contributed by atoms with Gasteiger partial charge in [-0.3, -0.25) is 14.7 Å². The molecule has 1 heterocycles. The summed E-state index contributed by atoms with van der Waals surface area (Å²) in [5.41, 5.74) is 0.394. The molecule has 0 aromatic carbocycles. The fourth-order valence-electron chi connectivity index (χ4n) is 0.760. The van der Waals surface area contributed by atoms with Crippen LogP contribution < -0.4 is 5.32 Å². The van der Waals surface area contributed by atoms with Crippen LogP contribution in [0.5, 0.6) is 0 Å². The van der Waals surface area contributed by atoms with Crippen LogP contribution in [-0.2, 0) is 4.79 Å². The highest BCUT2D eigenvalue weighted by atomic mass is 16.4. The Hall–Kier alpha value is -1.85. The van der Waals surface area contributed by atoms with Crippen molar-refractivity contribution in [2.24, 2.45) is 0 Å². The molecule has 0 unspecified atom stereocenters. The summed E-state index contributed by atoms with van der Waals surface area (Å²) in [4.78, 5) is 21.2. The van der Waals surface area contributed by atoms with Gasteiger partial charge >= 0.3 is 5.97 Å². The fourth-order valence-corrected chi connectivity index (χ4v) is 0.760. The number of carboxylic acids is 1. The second kappa shape index (κ2) is 4.24. The van der Waals surface area contributed by atoms with Gasteiger partial charge in [-0.05, 0) is 0 Å². The molecule has 1 rings (SSSR count). The molecule has 6 nitrogen and oxygen atoms in total. The SMILES string of the molecule is O=C(O)CCNC(=O)c1cn[nH]c1. The summed E-state index contributed by atoms with van der Waals surface area (Å²) in [6, 6.07) is 0. The van der Waals surface area contributed by atoms with E-state index in [1.54, 1.807) is 0 Å². The standard InChI is InChI=1S/C7H9N3O3/c11-6(12)1-2-8-7(13)5-3-9-10-4-5/h3-4H,1-2H2,(H,8,13)(H,9,10)(H,11,12). The number of nitrogens with one attached hydrogen (secondary N) is 2. The molecule has 6 heteroatoms. The van der Waals surface area contributed by atoms with Gasteiger partial charge in [0.1, 0.15) is 0 Å². The minimum atomic E-state index is -0.938. The summed E-state index contributed by atoms with van der Waals surface area (Å²) in [6.45, 7) is 0.124. The Labute approximate surface area is 74.0 Å². The first-order valence-corrected chi connectivity index (χ1v) is 3.69. The summed E-state index contributed by atoms with van der Waals surface area (Å²) < 4.78 is 0. The van der Waals surface area contributed by atoms with Crippen molar-refractivity contribution in [3.05, 3.63) is 18.0 Å². The van der Waals surface area contributed by atoms with E-state index >= 15 is 0 Å². The summed E-state index contributed by atoms with van der Waals surface area (Å²) in [7, 11) is 0. The van der Waals surface area contributed by atoms with Crippen molar-refractivity contribution < 1.29 is 14.7 Å². The van der Waals surface area contributed by atoms with Gasteiger partial charge < -0.3 is 10.4 Å². The van der Waals surface area contributed by atoms with E-state index in [1.165, 1.54) is 12.4 Å². The Kier molecular flexibility index (Phi) is 3.02. The van der Waals surface area contributed by atoms with Crippen LogP contribution in [0.25, 0.3) is 0 Å². The molecule has 0 aliphatic heterocycles. The monoisotopic (exact) mass is 183 g/mol. The van der Waals surface area contributed by atoms with Crippen LogP contribution in [0.3, 0.4) is 0 Å². The van der Waals surface area contributed by atoms with E-state index in [9.17, 15) is 9.59 Å². The Bertz CT molecular complexity index is 294. The van der Waals surface area contributed by atoms with Gasteiger partial charge in [-0.2, -0.15) is 5.10 Å². The van der Waals surface area contributed by atoms with Crippen molar-refractivity contribution in [1.82, 2.24) is 15.5 Å².